The number of aliphatic hydroxyl groups is 1. The van der Waals surface area contributed by atoms with Gasteiger partial charge in [-0.25, -0.2) is 0 Å². The second-order valence-corrected chi connectivity index (χ2v) is 6.76. The Morgan fingerprint density at radius 2 is 2.17 bits per heavy atom. The zero-order chi connectivity index (χ0) is 16.5. The first-order chi connectivity index (χ1) is 11.8. The first-order valence-electron chi connectivity index (χ1n) is 8.64. The van der Waals surface area contributed by atoms with Crippen molar-refractivity contribution in [2.75, 3.05) is 32.9 Å². The van der Waals surface area contributed by atoms with Gasteiger partial charge in [0.2, 0.25) is 0 Å². The van der Waals surface area contributed by atoms with Crippen LogP contribution in [-0.4, -0.2) is 53.8 Å². The van der Waals surface area contributed by atoms with E-state index in [9.17, 15) is 9.90 Å². The number of pyridine rings is 1. The van der Waals surface area contributed by atoms with Crippen molar-refractivity contribution < 1.29 is 14.6 Å². The minimum absolute atomic E-state index is 0.0134. The van der Waals surface area contributed by atoms with Crippen molar-refractivity contribution in [2.24, 2.45) is 5.92 Å². The molecule has 1 amide bonds. The van der Waals surface area contributed by atoms with Crippen LogP contribution in [0.25, 0.3) is 10.9 Å². The Balaban J connectivity index is 1.72. The van der Waals surface area contributed by atoms with E-state index in [1.54, 1.807) is 0 Å². The van der Waals surface area contributed by atoms with E-state index in [-0.39, 0.29) is 18.4 Å². The number of ether oxygens (including phenoxy) is 1. The molecule has 4 rings (SSSR count). The minimum Gasteiger partial charge on any atom is -0.396 e. The lowest BCUT2D eigenvalue weighted by atomic mass is 10.0. The van der Waals surface area contributed by atoms with Gasteiger partial charge in [-0.2, -0.15) is 0 Å². The van der Waals surface area contributed by atoms with Crippen molar-refractivity contribution in [2.45, 2.75) is 18.8 Å². The summed E-state index contributed by atoms with van der Waals surface area (Å²) in [6, 6.07) is 9.81. The molecule has 24 heavy (non-hydrogen) atoms. The van der Waals surface area contributed by atoms with Crippen LogP contribution < -0.4 is 0 Å². The molecule has 0 spiro atoms. The highest BCUT2D eigenvalue weighted by atomic mass is 16.5. The summed E-state index contributed by atoms with van der Waals surface area (Å²) in [7, 11) is 0. The van der Waals surface area contributed by atoms with E-state index >= 15 is 0 Å². The molecule has 1 saturated carbocycles. The van der Waals surface area contributed by atoms with E-state index in [1.165, 1.54) is 0 Å². The van der Waals surface area contributed by atoms with Gasteiger partial charge in [-0.3, -0.25) is 9.78 Å². The smallest absolute Gasteiger partial charge is 0.254 e. The summed E-state index contributed by atoms with van der Waals surface area (Å²) in [6.45, 7) is 2.15. The third kappa shape index (κ3) is 3.01. The third-order valence-electron chi connectivity index (χ3n) is 4.85. The molecule has 1 aliphatic carbocycles. The van der Waals surface area contributed by atoms with Gasteiger partial charge < -0.3 is 14.7 Å². The SMILES string of the molecule is O=C(c1cc(C2CC2)nc2ccccc12)N1CCOCC(CO)C1. The summed E-state index contributed by atoms with van der Waals surface area (Å²) >= 11 is 0. The fraction of sp³-hybridized carbons (Fsp3) is 0.474. The molecule has 126 valence electrons. The van der Waals surface area contributed by atoms with Crippen LogP contribution in [0.1, 0.15) is 34.8 Å². The van der Waals surface area contributed by atoms with E-state index in [4.69, 9.17) is 9.72 Å². The van der Waals surface area contributed by atoms with Gasteiger partial charge in [-0.15, -0.1) is 0 Å². The third-order valence-corrected chi connectivity index (χ3v) is 4.85. The average Bonchev–Trinajstić information content (AvgIpc) is 3.46. The molecule has 0 bridgehead atoms. The summed E-state index contributed by atoms with van der Waals surface area (Å²) in [5.74, 6) is 0.491. The molecular formula is C19H22N2O3. The Kier molecular flexibility index (Phi) is 4.21. The zero-order valence-corrected chi connectivity index (χ0v) is 13.6. The van der Waals surface area contributed by atoms with Crippen molar-refractivity contribution in [1.82, 2.24) is 9.88 Å². The Morgan fingerprint density at radius 1 is 1.33 bits per heavy atom. The van der Waals surface area contributed by atoms with E-state index in [0.717, 1.165) is 35.0 Å². The molecule has 1 unspecified atom stereocenters. The molecule has 1 aromatic heterocycles. The van der Waals surface area contributed by atoms with Gasteiger partial charge in [-0.1, -0.05) is 18.2 Å². The highest BCUT2D eigenvalue weighted by molar-refractivity contribution is 6.06. The second-order valence-electron chi connectivity index (χ2n) is 6.76. The summed E-state index contributed by atoms with van der Waals surface area (Å²) in [4.78, 5) is 19.7. The van der Waals surface area contributed by atoms with Crippen LogP contribution in [0.15, 0.2) is 30.3 Å². The van der Waals surface area contributed by atoms with Gasteiger partial charge in [0.25, 0.3) is 5.91 Å². The Morgan fingerprint density at radius 3 is 2.96 bits per heavy atom. The fourth-order valence-electron chi connectivity index (χ4n) is 3.31. The number of amides is 1. The van der Waals surface area contributed by atoms with Crippen LogP contribution in [0, 0.1) is 5.92 Å². The molecule has 2 aromatic rings. The maximum atomic E-state index is 13.2. The number of fused-ring (bicyclic) bond motifs is 1. The second kappa shape index (κ2) is 6.49. The molecule has 1 atom stereocenters. The molecule has 1 saturated heterocycles. The van der Waals surface area contributed by atoms with Gasteiger partial charge in [0.1, 0.15) is 0 Å². The highest BCUT2D eigenvalue weighted by Gasteiger charge is 2.29. The summed E-state index contributed by atoms with van der Waals surface area (Å²) in [5, 5.41) is 10.4. The number of hydrogen-bond acceptors (Lipinski definition) is 4. The maximum absolute atomic E-state index is 13.2. The number of carbonyl (C=O) groups excluding carboxylic acids is 1. The number of nitrogens with zero attached hydrogens (tertiary/aromatic N) is 2. The molecule has 1 N–H and O–H groups in total. The van der Waals surface area contributed by atoms with Crippen molar-refractivity contribution in [3.63, 3.8) is 0 Å². The van der Waals surface area contributed by atoms with Gasteiger partial charge in [0, 0.05) is 42.6 Å². The van der Waals surface area contributed by atoms with Crippen molar-refractivity contribution >= 4 is 16.8 Å². The fourth-order valence-corrected chi connectivity index (χ4v) is 3.31. The number of carbonyl (C=O) groups is 1. The molecule has 5 nitrogen and oxygen atoms in total. The van der Waals surface area contributed by atoms with Crippen molar-refractivity contribution in [3.8, 4) is 0 Å². The lowest BCUT2D eigenvalue weighted by Gasteiger charge is -2.23. The maximum Gasteiger partial charge on any atom is 0.254 e. The first-order valence-corrected chi connectivity index (χ1v) is 8.64. The lowest BCUT2D eigenvalue weighted by molar-refractivity contribution is 0.0730. The molecule has 2 heterocycles. The average molecular weight is 326 g/mol. The van der Waals surface area contributed by atoms with Crippen LogP contribution in [0.4, 0.5) is 0 Å². The summed E-state index contributed by atoms with van der Waals surface area (Å²) < 4.78 is 5.51. The van der Waals surface area contributed by atoms with Gasteiger partial charge >= 0.3 is 0 Å². The number of hydrogen-bond donors (Lipinski definition) is 1. The monoisotopic (exact) mass is 326 g/mol. The van der Waals surface area contributed by atoms with Crippen LogP contribution in [-0.2, 0) is 4.74 Å². The van der Waals surface area contributed by atoms with E-state index < -0.39 is 0 Å². The molecule has 5 heteroatoms. The molecule has 1 aliphatic heterocycles. The number of para-hydroxylation sites is 1. The van der Waals surface area contributed by atoms with E-state index in [0.29, 0.717) is 32.2 Å². The lowest BCUT2D eigenvalue weighted by Crippen LogP contribution is -2.37. The van der Waals surface area contributed by atoms with Crippen LogP contribution in [0.2, 0.25) is 0 Å². The number of aromatic nitrogens is 1. The van der Waals surface area contributed by atoms with Gasteiger partial charge in [-0.05, 0) is 25.0 Å². The normalized spacial score (nSPS) is 21.7. The van der Waals surface area contributed by atoms with Crippen molar-refractivity contribution in [3.05, 3.63) is 41.6 Å². The zero-order valence-electron chi connectivity index (χ0n) is 13.6. The number of benzene rings is 1. The Labute approximate surface area is 141 Å². The Hall–Kier alpha value is -1.98. The topological polar surface area (TPSA) is 62.7 Å². The predicted molar refractivity (Wildman–Crippen MR) is 91.0 cm³/mol. The predicted octanol–water partition coefficient (Wildman–Crippen LogP) is 2.19. The number of rotatable bonds is 3. The largest absolute Gasteiger partial charge is 0.396 e. The Bertz CT molecular complexity index is 757. The quantitative estimate of drug-likeness (QED) is 0.939. The van der Waals surface area contributed by atoms with Crippen LogP contribution in [0.5, 0.6) is 0 Å². The number of aliphatic hydroxyl groups excluding tert-OH is 1. The summed E-state index contributed by atoms with van der Waals surface area (Å²) in [5.41, 5.74) is 2.64. The minimum atomic E-state index is -0.0209. The molecule has 1 aromatic carbocycles. The van der Waals surface area contributed by atoms with Crippen LogP contribution in [0.3, 0.4) is 0 Å². The van der Waals surface area contributed by atoms with E-state index in [1.807, 2.05) is 35.2 Å². The highest BCUT2D eigenvalue weighted by Crippen LogP contribution is 2.40. The molecule has 0 radical (unpaired) electrons. The van der Waals surface area contributed by atoms with E-state index in [2.05, 4.69) is 0 Å². The molecular weight excluding hydrogens is 304 g/mol. The van der Waals surface area contributed by atoms with Crippen molar-refractivity contribution in [1.29, 1.82) is 0 Å². The molecule has 2 fully saturated rings. The first kappa shape index (κ1) is 15.5. The summed E-state index contributed by atoms with van der Waals surface area (Å²) in [6.07, 6.45) is 2.31. The van der Waals surface area contributed by atoms with Gasteiger partial charge in [0.15, 0.2) is 0 Å². The van der Waals surface area contributed by atoms with Crippen LogP contribution >= 0.6 is 0 Å². The molecule has 2 aliphatic rings. The standard InChI is InChI=1S/C19H22N2O3/c22-11-13-10-21(7-8-24-12-13)19(23)16-9-18(14-5-6-14)20-17-4-2-1-3-15(16)17/h1-4,9,13-14,22H,5-8,10-12H2. The van der Waals surface area contributed by atoms with Gasteiger partial charge in [0.05, 0.1) is 24.3 Å².